The highest BCUT2D eigenvalue weighted by Gasteiger charge is 2.47. The van der Waals surface area contributed by atoms with Gasteiger partial charge in [0.25, 0.3) is 0 Å². The van der Waals surface area contributed by atoms with Crippen LogP contribution in [-0.2, 0) is 4.79 Å². The van der Waals surface area contributed by atoms with Gasteiger partial charge in [-0.2, -0.15) is 0 Å². The van der Waals surface area contributed by atoms with Crippen LogP contribution in [0.5, 0.6) is 0 Å². The van der Waals surface area contributed by atoms with Gasteiger partial charge in [0.2, 0.25) is 0 Å². The predicted molar refractivity (Wildman–Crippen MR) is 55.8 cm³/mol. The number of aliphatic hydroxyl groups is 1. The van der Waals surface area contributed by atoms with Crippen molar-refractivity contribution in [1.29, 1.82) is 0 Å². The Morgan fingerprint density at radius 3 is 2.79 bits per heavy atom. The largest absolute Gasteiger partial charge is 0.382 e. The Bertz CT molecular complexity index is 215. The molecule has 0 radical (unpaired) electrons. The van der Waals surface area contributed by atoms with Gasteiger partial charge in [-0.05, 0) is 25.7 Å². The molecule has 0 aliphatic heterocycles. The van der Waals surface area contributed by atoms with Crippen molar-refractivity contribution in [3.05, 3.63) is 0 Å². The van der Waals surface area contributed by atoms with Crippen molar-refractivity contribution in [2.75, 3.05) is 6.54 Å². The summed E-state index contributed by atoms with van der Waals surface area (Å²) in [6, 6.07) is 0. The molecule has 0 amide bonds. The van der Waals surface area contributed by atoms with Gasteiger partial charge in [-0.15, -0.1) is 0 Å². The molecule has 0 aromatic heterocycles. The van der Waals surface area contributed by atoms with Gasteiger partial charge in [0, 0.05) is 12.0 Å². The second-order valence-corrected chi connectivity index (χ2v) is 4.95. The van der Waals surface area contributed by atoms with Crippen LogP contribution < -0.4 is 5.73 Å². The third-order valence-corrected chi connectivity index (χ3v) is 3.79. The van der Waals surface area contributed by atoms with Gasteiger partial charge in [-0.25, -0.2) is 0 Å². The van der Waals surface area contributed by atoms with Crippen LogP contribution in [0, 0.1) is 11.3 Å². The van der Waals surface area contributed by atoms with Crippen molar-refractivity contribution >= 4 is 6.29 Å². The van der Waals surface area contributed by atoms with Gasteiger partial charge >= 0.3 is 0 Å². The summed E-state index contributed by atoms with van der Waals surface area (Å²) in [4.78, 5) is 10.9. The van der Waals surface area contributed by atoms with Gasteiger partial charge < -0.3 is 15.6 Å². The SMILES string of the molecule is CC1CCCC(CN)(C(C)(O)C=O)C1. The molecule has 3 atom stereocenters. The number of hydrogen-bond acceptors (Lipinski definition) is 3. The summed E-state index contributed by atoms with van der Waals surface area (Å²) in [7, 11) is 0. The van der Waals surface area contributed by atoms with Crippen molar-refractivity contribution in [3.8, 4) is 0 Å². The van der Waals surface area contributed by atoms with Gasteiger partial charge in [-0.3, -0.25) is 0 Å². The minimum absolute atomic E-state index is 0.392. The summed E-state index contributed by atoms with van der Waals surface area (Å²) >= 11 is 0. The van der Waals surface area contributed by atoms with Gasteiger partial charge in [0.15, 0.2) is 6.29 Å². The van der Waals surface area contributed by atoms with E-state index in [9.17, 15) is 9.90 Å². The van der Waals surface area contributed by atoms with Crippen LogP contribution >= 0.6 is 0 Å². The molecule has 3 heteroatoms. The number of hydrogen-bond donors (Lipinski definition) is 2. The summed E-state index contributed by atoms with van der Waals surface area (Å²) in [5.74, 6) is 0.554. The molecule has 0 aromatic rings. The molecular formula is C11H21NO2. The summed E-state index contributed by atoms with van der Waals surface area (Å²) in [5, 5.41) is 10.1. The van der Waals surface area contributed by atoms with Crippen molar-refractivity contribution in [2.45, 2.75) is 45.1 Å². The Balaban J connectivity index is 2.89. The zero-order valence-corrected chi connectivity index (χ0v) is 9.12. The van der Waals surface area contributed by atoms with Crippen LogP contribution in [0.3, 0.4) is 0 Å². The van der Waals surface area contributed by atoms with Gasteiger partial charge in [0.05, 0.1) is 0 Å². The zero-order valence-electron chi connectivity index (χ0n) is 9.12. The van der Waals surface area contributed by atoms with Crippen LogP contribution in [0.4, 0.5) is 0 Å². The first-order valence-electron chi connectivity index (χ1n) is 5.36. The molecule has 3 unspecified atom stereocenters. The van der Waals surface area contributed by atoms with Crippen molar-refractivity contribution in [1.82, 2.24) is 0 Å². The lowest BCUT2D eigenvalue weighted by Crippen LogP contribution is -2.54. The Labute approximate surface area is 85.7 Å². The molecule has 0 spiro atoms. The first kappa shape index (κ1) is 11.7. The van der Waals surface area contributed by atoms with E-state index in [1.807, 2.05) is 0 Å². The average Bonchev–Trinajstić information content (AvgIpc) is 2.17. The van der Waals surface area contributed by atoms with E-state index < -0.39 is 11.0 Å². The number of nitrogens with two attached hydrogens (primary N) is 1. The Hall–Kier alpha value is -0.410. The van der Waals surface area contributed by atoms with Crippen molar-refractivity contribution in [3.63, 3.8) is 0 Å². The fourth-order valence-electron chi connectivity index (χ4n) is 2.64. The second kappa shape index (κ2) is 3.99. The first-order valence-corrected chi connectivity index (χ1v) is 5.36. The van der Waals surface area contributed by atoms with Crippen molar-refractivity contribution in [2.24, 2.45) is 17.1 Å². The van der Waals surface area contributed by atoms with E-state index in [4.69, 9.17) is 5.73 Å². The van der Waals surface area contributed by atoms with Crippen LogP contribution in [0.1, 0.15) is 39.5 Å². The van der Waals surface area contributed by atoms with E-state index in [1.54, 1.807) is 6.92 Å². The third-order valence-electron chi connectivity index (χ3n) is 3.79. The first-order chi connectivity index (χ1) is 6.47. The molecule has 3 N–H and O–H groups in total. The fraction of sp³-hybridized carbons (Fsp3) is 0.909. The summed E-state index contributed by atoms with van der Waals surface area (Å²) in [5.41, 5.74) is 4.08. The maximum atomic E-state index is 10.9. The molecule has 0 heterocycles. The van der Waals surface area contributed by atoms with E-state index in [0.717, 1.165) is 19.3 Å². The minimum Gasteiger partial charge on any atom is -0.382 e. The minimum atomic E-state index is -1.27. The molecule has 1 aliphatic carbocycles. The highest BCUT2D eigenvalue weighted by molar-refractivity contribution is 5.63. The quantitative estimate of drug-likeness (QED) is 0.669. The zero-order chi connectivity index (χ0) is 10.8. The second-order valence-electron chi connectivity index (χ2n) is 4.95. The van der Waals surface area contributed by atoms with Gasteiger partial charge in [0.1, 0.15) is 5.60 Å². The van der Waals surface area contributed by atoms with E-state index in [0.29, 0.717) is 18.7 Å². The number of carbonyl (C=O) groups excluding carboxylic acids is 1. The number of carbonyl (C=O) groups is 1. The normalized spacial score (nSPS) is 37.6. The molecule has 3 nitrogen and oxygen atoms in total. The molecule has 1 aliphatic rings. The average molecular weight is 199 g/mol. The lowest BCUT2D eigenvalue weighted by atomic mass is 9.62. The molecular weight excluding hydrogens is 178 g/mol. The topological polar surface area (TPSA) is 63.3 Å². The summed E-state index contributed by atoms with van der Waals surface area (Å²) in [6.45, 7) is 4.14. The van der Waals surface area contributed by atoms with E-state index in [1.165, 1.54) is 6.42 Å². The Morgan fingerprint density at radius 1 is 1.71 bits per heavy atom. The van der Waals surface area contributed by atoms with E-state index >= 15 is 0 Å². The lowest BCUT2D eigenvalue weighted by Gasteiger charge is -2.46. The highest BCUT2D eigenvalue weighted by Crippen LogP contribution is 2.45. The highest BCUT2D eigenvalue weighted by atomic mass is 16.3. The molecule has 14 heavy (non-hydrogen) atoms. The van der Waals surface area contributed by atoms with Crippen LogP contribution in [0.15, 0.2) is 0 Å². The molecule has 0 aromatic carbocycles. The lowest BCUT2D eigenvalue weighted by molar-refractivity contribution is -0.141. The Kier molecular flexibility index (Phi) is 3.32. The standard InChI is InChI=1S/C11H21NO2/c1-9-4-3-5-11(6-9,7-12)10(2,14)8-13/h8-9,14H,3-7,12H2,1-2H3. The summed E-state index contributed by atoms with van der Waals surface area (Å²) < 4.78 is 0. The molecule has 0 saturated heterocycles. The monoisotopic (exact) mass is 199 g/mol. The molecule has 1 fully saturated rings. The van der Waals surface area contributed by atoms with Crippen LogP contribution in [0.25, 0.3) is 0 Å². The number of aldehydes is 1. The van der Waals surface area contributed by atoms with Crippen molar-refractivity contribution < 1.29 is 9.90 Å². The van der Waals surface area contributed by atoms with Gasteiger partial charge in [-0.1, -0.05) is 19.8 Å². The maximum Gasteiger partial charge on any atom is 0.151 e. The molecule has 1 rings (SSSR count). The Morgan fingerprint density at radius 2 is 2.36 bits per heavy atom. The predicted octanol–water partition coefficient (Wildman–Crippen LogP) is 1.09. The summed E-state index contributed by atoms with van der Waals surface area (Å²) in [6.07, 6.45) is 4.60. The smallest absolute Gasteiger partial charge is 0.151 e. The molecule has 0 bridgehead atoms. The van der Waals surface area contributed by atoms with Crippen LogP contribution in [0.2, 0.25) is 0 Å². The molecule has 82 valence electrons. The van der Waals surface area contributed by atoms with E-state index in [-0.39, 0.29) is 0 Å². The third kappa shape index (κ3) is 1.84. The number of rotatable bonds is 3. The molecule has 1 saturated carbocycles. The van der Waals surface area contributed by atoms with Crippen LogP contribution in [-0.4, -0.2) is 23.5 Å². The van der Waals surface area contributed by atoms with E-state index in [2.05, 4.69) is 6.92 Å². The maximum absolute atomic E-state index is 10.9. The fourth-order valence-corrected chi connectivity index (χ4v) is 2.64.